The van der Waals surface area contributed by atoms with Gasteiger partial charge in [-0.1, -0.05) is 18.2 Å². The molecule has 154 valence electrons. The molecule has 0 amide bonds. The first kappa shape index (κ1) is 20.1. The first-order valence-corrected chi connectivity index (χ1v) is 9.90. The minimum atomic E-state index is -1.32. The van der Waals surface area contributed by atoms with Crippen LogP contribution in [0.1, 0.15) is 17.5 Å². The van der Waals surface area contributed by atoms with E-state index in [4.69, 9.17) is 4.74 Å². The number of rotatable bonds is 5. The number of fused-ring (bicyclic) bond motifs is 2. The lowest BCUT2D eigenvalue weighted by atomic mass is 10.1. The molecular formula is C21H15F3N2O3S. The van der Waals surface area contributed by atoms with Crippen LogP contribution in [0.3, 0.4) is 0 Å². The molecule has 2 aromatic heterocycles. The summed E-state index contributed by atoms with van der Waals surface area (Å²) in [5.74, 6) is -4.00. The van der Waals surface area contributed by atoms with Crippen molar-refractivity contribution in [1.82, 2.24) is 9.55 Å². The van der Waals surface area contributed by atoms with E-state index in [0.717, 1.165) is 11.3 Å². The first-order chi connectivity index (χ1) is 14.4. The molecule has 30 heavy (non-hydrogen) atoms. The van der Waals surface area contributed by atoms with Gasteiger partial charge in [-0.05, 0) is 24.4 Å². The van der Waals surface area contributed by atoms with Crippen molar-refractivity contribution in [3.63, 3.8) is 0 Å². The molecule has 2 aromatic carbocycles. The first-order valence-electron chi connectivity index (χ1n) is 9.09. The predicted octanol–water partition coefficient (Wildman–Crippen LogP) is 4.18. The van der Waals surface area contributed by atoms with E-state index in [1.165, 1.54) is 4.57 Å². The lowest BCUT2D eigenvalue weighted by Crippen LogP contribution is -2.26. The Balaban J connectivity index is 1.84. The third kappa shape index (κ3) is 3.56. The number of para-hydroxylation sites is 1. The summed E-state index contributed by atoms with van der Waals surface area (Å²) >= 11 is 0.843. The topological polar surface area (TPSA) is 61.2 Å². The molecule has 9 heteroatoms. The van der Waals surface area contributed by atoms with Crippen LogP contribution in [0, 0.1) is 17.5 Å². The highest BCUT2D eigenvalue weighted by molar-refractivity contribution is 7.18. The number of hydrogen-bond acceptors (Lipinski definition) is 5. The second-order valence-corrected chi connectivity index (χ2v) is 7.62. The molecule has 0 aliphatic heterocycles. The summed E-state index contributed by atoms with van der Waals surface area (Å²) in [6.07, 6.45) is -0.203. The Hall–Kier alpha value is -3.20. The second-order valence-electron chi connectivity index (χ2n) is 6.54. The van der Waals surface area contributed by atoms with Crippen molar-refractivity contribution >= 4 is 38.4 Å². The summed E-state index contributed by atoms with van der Waals surface area (Å²) in [6.45, 7) is 1.78. The van der Waals surface area contributed by atoms with Gasteiger partial charge in [0.2, 0.25) is 0 Å². The quantitative estimate of drug-likeness (QED) is 0.351. The van der Waals surface area contributed by atoms with E-state index in [-0.39, 0.29) is 34.8 Å². The minimum Gasteiger partial charge on any atom is -0.466 e. The molecular weight excluding hydrogens is 417 g/mol. The van der Waals surface area contributed by atoms with Crippen molar-refractivity contribution in [3.8, 4) is 0 Å². The normalized spacial score (nSPS) is 11.3. The molecule has 4 rings (SSSR count). The summed E-state index contributed by atoms with van der Waals surface area (Å²) in [5.41, 5.74) is -0.0428. The maximum atomic E-state index is 14.0. The van der Waals surface area contributed by atoms with Crippen LogP contribution in [0.5, 0.6) is 0 Å². The molecule has 0 saturated carbocycles. The number of carbonyl (C=O) groups excluding carboxylic acids is 1. The molecule has 0 radical (unpaired) electrons. The van der Waals surface area contributed by atoms with Gasteiger partial charge in [0.05, 0.1) is 29.8 Å². The monoisotopic (exact) mass is 432 g/mol. The van der Waals surface area contributed by atoms with Gasteiger partial charge in [-0.15, -0.1) is 11.3 Å². The number of halogens is 3. The summed E-state index contributed by atoms with van der Waals surface area (Å²) < 4.78 is 47.8. The van der Waals surface area contributed by atoms with Crippen molar-refractivity contribution in [2.24, 2.45) is 0 Å². The third-order valence-electron chi connectivity index (χ3n) is 4.57. The van der Waals surface area contributed by atoms with Gasteiger partial charge in [0.15, 0.2) is 11.6 Å². The number of carbonyl (C=O) groups is 1. The van der Waals surface area contributed by atoms with Gasteiger partial charge >= 0.3 is 5.97 Å². The van der Waals surface area contributed by atoms with E-state index in [2.05, 4.69) is 4.98 Å². The molecule has 5 nitrogen and oxygen atoms in total. The molecule has 0 N–H and O–H groups in total. The van der Waals surface area contributed by atoms with Gasteiger partial charge < -0.3 is 9.30 Å². The number of nitrogens with zero attached hydrogens (tertiary/aromatic N) is 2. The Labute approximate surface area is 172 Å². The minimum absolute atomic E-state index is 0.0874. The summed E-state index contributed by atoms with van der Waals surface area (Å²) in [7, 11) is 0. The molecule has 0 saturated heterocycles. The summed E-state index contributed by atoms with van der Waals surface area (Å²) in [5, 5.41) is 0.940. The van der Waals surface area contributed by atoms with Crippen LogP contribution in [0.4, 0.5) is 13.2 Å². The average Bonchev–Trinajstić information content (AvgIpc) is 3.14. The zero-order chi connectivity index (χ0) is 21.4. The average molecular weight is 432 g/mol. The number of thiazole rings is 1. The molecule has 0 unspecified atom stereocenters. The van der Waals surface area contributed by atoms with Gasteiger partial charge in [0.1, 0.15) is 16.3 Å². The lowest BCUT2D eigenvalue weighted by Gasteiger charge is -2.11. The Morgan fingerprint density at radius 3 is 2.70 bits per heavy atom. The molecule has 0 aliphatic rings. The van der Waals surface area contributed by atoms with E-state index in [9.17, 15) is 22.8 Å². The van der Waals surface area contributed by atoms with Crippen molar-refractivity contribution in [2.45, 2.75) is 19.9 Å². The highest BCUT2D eigenvalue weighted by atomic mass is 32.1. The van der Waals surface area contributed by atoms with Crippen LogP contribution in [0.25, 0.3) is 21.1 Å². The number of ether oxygens (including phenoxy) is 1. The van der Waals surface area contributed by atoms with E-state index in [1.54, 1.807) is 37.3 Å². The van der Waals surface area contributed by atoms with Crippen LogP contribution in [-0.4, -0.2) is 22.1 Å². The van der Waals surface area contributed by atoms with Crippen molar-refractivity contribution < 1.29 is 22.7 Å². The Kier molecular flexibility index (Phi) is 5.29. The smallest absolute Gasteiger partial charge is 0.310 e. The maximum Gasteiger partial charge on any atom is 0.310 e. The number of esters is 1. The SMILES string of the molecule is CCOC(=O)Cc1cc2ccccc2n(Cc2nc3c(F)c(F)cc(F)c3s2)c1=O. The highest BCUT2D eigenvalue weighted by Gasteiger charge is 2.19. The number of pyridine rings is 1. The molecule has 0 aliphatic carbocycles. The standard InChI is InChI=1S/C21H15F3N2O3S/c1-2-29-17(27)8-12-7-11-5-3-4-6-15(11)26(21(12)28)10-16-25-19-18(24)13(22)9-14(23)20(19)30-16/h3-7,9H,2,8,10H2,1H3. The second kappa shape index (κ2) is 7.91. The largest absolute Gasteiger partial charge is 0.466 e. The van der Waals surface area contributed by atoms with Gasteiger partial charge in [-0.2, -0.15) is 0 Å². The van der Waals surface area contributed by atoms with Crippen molar-refractivity contribution in [3.05, 3.63) is 74.8 Å². The Morgan fingerprint density at radius 2 is 1.93 bits per heavy atom. The van der Waals surface area contributed by atoms with E-state index in [0.29, 0.717) is 17.0 Å². The van der Waals surface area contributed by atoms with Crippen LogP contribution in [-0.2, 0) is 22.5 Å². The number of benzene rings is 2. The highest BCUT2D eigenvalue weighted by Crippen LogP contribution is 2.29. The van der Waals surface area contributed by atoms with Crippen LogP contribution >= 0.6 is 11.3 Å². The number of aromatic nitrogens is 2. The Morgan fingerprint density at radius 1 is 1.17 bits per heavy atom. The number of hydrogen-bond donors (Lipinski definition) is 0. The molecule has 0 spiro atoms. The zero-order valence-corrected chi connectivity index (χ0v) is 16.6. The van der Waals surface area contributed by atoms with Gasteiger partial charge in [0.25, 0.3) is 5.56 Å². The summed E-state index contributed by atoms with van der Waals surface area (Å²) in [6, 6.07) is 9.14. The fourth-order valence-corrected chi connectivity index (χ4v) is 4.22. The maximum absolute atomic E-state index is 14.0. The molecule has 0 atom stereocenters. The molecule has 2 heterocycles. The van der Waals surface area contributed by atoms with E-state index in [1.807, 2.05) is 0 Å². The van der Waals surface area contributed by atoms with E-state index >= 15 is 0 Å². The fraction of sp³-hybridized carbons (Fsp3) is 0.190. The molecule has 0 fully saturated rings. The van der Waals surface area contributed by atoms with Gasteiger partial charge in [-0.3, -0.25) is 9.59 Å². The zero-order valence-electron chi connectivity index (χ0n) is 15.7. The third-order valence-corrected chi connectivity index (χ3v) is 5.62. The van der Waals surface area contributed by atoms with Crippen LogP contribution in [0.15, 0.2) is 41.2 Å². The predicted molar refractivity (Wildman–Crippen MR) is 107 cm³/mol. The summed E-state index contributed by atoms with van der Waals surface area (Å²) in [4.78, 5) is 29.0. The van der Waals surface area contributed by atoms with Gasteiger partial charge in [-0.25, -0.2) is 18.2 Å². The van der Waals surface area contributed by atoms with Crippen molar-refractivity contribution in [1.29, 1.82) is 0 Å². The fourth-order valence-electron chi connectivity index (χ4n) is 3.27. The lowest BCUT2D eigenvalue weighted by molar-refractivity contribution is -0.142. The van der Waals surface area contributed by atoms with Crippen LogP contribution in [0.2, 0.25) is 0 Å². The van der Waals surface area contributed by atoms with Crippen molar-refractivity contribution in [2.75, 3.05) is 6.61 Å². The van der Waals surface area contributed by atoms with E-state index < -0.39 is 34.5 Å². The molecule has 0 bridgehead atoms. The molecule has 4 aromatic rings. The van der Waals surface area contributed by atoms with Crippen LogP contribution < -0.4 is 5.56 Å². The van der Waals surface area contributed by atoms with Gasteiger partial charge in [0, 0.05) is 11.6 Å². The Bertz CT molecular complexity index is 1350.